The Bertz CT molecular complexity index is 1010. The summed E-state index contributed by atoms with van der Waals surface area (Å²) < 4.78 is 0. The minimum Gasteiger partial charge on any atom is -0.465 e. The fourth-order valence-electron chi connectivity index (χ4n) is 4.96. The molecule has 10 heteroatoms. The van der Waals surface area contributed by atoms with E-state index in [2.05, 4.69) is 6.07 Å². The second kappa shape index (κ2) is 9.03. The zero-order chi connectivity index (χ0) is 23.9. The molecule has 33 heavy (non-hydrogen) atoms. The summed E-state index contributed by atoms with van der Waals surface area (Å²) in [4.78, 5) is 42.3. The molecule has 2 saturated heterocycles. The Hall–Kier alpha value is -2.50. The second-order valence-electron chi connectivity index (χ2n) is 9.24. The Kier molecular flexibility index (Phi) is 6.47. The van der Waals surface area contributed by atoms with Crippen molar-refractivity contribution >= 4 is 41.1 Å². The zero-order valence-electron chi connectivity index (χ0n) is 18.3. The van der Waals surface area contributed by atoms with Crippen LogP contribution in [0.15, 0.2) is 18.2 Å². The van der Waals surface area contributed by atoms with Gasteiger partial charge >= 0.3 is 6.09 Å². The van der Waals surface area contributed by atoms with E-state index in [1.807, 2.05) is 6.07 Å². The maximum Gasteiger partial charge on any atom is 0.407 e. The highest BCUT2D eigenvalue weighted by Gasteiger charge is 2.53. The number of amides is 3. The lowest BCUT2D eigenvalue weighted by molar-refractivity contribution is -0.141. The monoisotopic (exact) mass is 492 g/mol. The molecule has 0 unspecified atom stereocenters. The highest BCUT2D eigenvalue weighted by molar-refractivity contribution is 6.42. The highest BCUT2D eigenvalue weighted by atomic mass is 35.5. The maximum atomic E-state index is 13.3. The van der Waals surface area contributed by atoms with Crippen LogP contribution in [0.25, 0.3) is 0 Å². The lowest BCUT2D eigenvalue weighted by atomic mass is 9.93. The Morgan fingerprint density at radius 1 is 1.12 bits per heavy atom. The molecule has 1 N–H and O–H groups in total. The minimum absolute atomic E-state index is 0.0186. The van der Waals surface area contributed by atoms with Gasteiger partial charge in [-0.2, -0.15) is 5.26 Å². The van der Waals surface area contributed by atoms with Crippen molar-refractivity contribution in [3.63, 3.8) is 0 Å². The van der Waals surface area contributed by atoms with Crippen LogP contribution in [0.2, 0.25) is 10.0 Å². The number of nitrogens with zero attached hydrogens (tertiary/aromatic N) is 4. The second-order valence-corrected chi connectivity index (χ2v) is 10.1. The van der Waals surface area contributed by atoms with Crippen LogP contribution >= 0.6 is 23.2 Å². The van der Waals surface area contributed by atoms with Gasteiger partial charge in [0.25, 0.3) is 0 Å². The van der Waals surface area contributed by atoms with E-state index in [9.17, 15) is 24.8 Å². The van der Waals surface area contributed by atoms with Crippen LogP contribution in [0, 0.1) is 22.7 Å². The molecular weight excluding hydrogens is 467 g/mol. The lowest BCUT2D eigenvalue weighted by Gasteiger charge is -2.34. The summed E-state index contributed by atoms with van der Waals surface area (Å²) in [6.07, 6.45) is 1.25. The van der Waals surface area contributed by atoms with E-state index in [1.54, 1.807) is 21.9 Å². The van der Waals surface area contributed by atoms with Gasteiger partial charge in [-0.05, 0) is 43.4 Å². The van der Waals surface area contributed by atoms with Crippen molar-refractivity contribution in [2.24, 2.45) is 11.3 Å². The molecule has 3 aliphatic rings. The van der Waals surface area contributed by atoms with Crippen molar-refractivity contribution < 1.29 is 19.5 Å². The molecule has 176 valence electrons. The first-order valence-electron chi connectivity index (χ1n) is 11.1. The minimum atomic E-state index is -1.06. The zero-order valence-corrected chi connectivity index (χ0v) is 19.8. The predicted octanol–water partition coefficient (Wildman–Crippen LogP) is 3.44. The fourth-order valence-corrected chi connectivity index (χ4v) is 5.27. The number of benzene rings is 1. The van der Waals surface area contributed by atoms with Crippen LogP contribution in [0.4, 0.5) is 4.79 Å². The number of hydrogen-bond acceptors (Lipinski definition) is 4. The van der Waals surface area contributed by atoms with Gasteiger partial charge in [0.2, 0.25) is 11.8 Å². The third-order valence-electron chi connectivity index (χ3n) is 7.28. The fraction of sp³-hybridized carbons (Fsp3) is 0.565. The van der Waals surface area contributed by atoms with Crippen LogP contribution in [0.3, 0.4) is 0 Å². The summed E-state index contributed by atoms with van der Waals surface area (Å²) in [5.41, 5.74) is -0.00232. The van der Waals surface area contributed by atoms with Gasteiger partial charge in [0.1, 0.15) is 5.41 Å². The van der Waals surface area contributed by atoms with E-state index in [1.165, 1.54) is 11.9 Å². The van der Waals surface area contributed by atoms with Gasteiger partial charge in [-0.15, -0.1) is 0 Å². The number of carboxylic acid groups (broad SMARTS) is 1. The first-order chi connectivity index (χ1) is 15.7. The third kappa shape index (κ3) is 4.49. The number of nitriles is 1. The van der Waals surface area contributed by atoms with Crippen molar-refractivity contribution in [3.05, 3.63) is 33.8 Å². The van der Waals surface area contributed by atoms with Crippen LogP contribution in [0.5, 0.6) is 0 Å². The van der Waals surface area contributed by atoms with Crippen molar-refractivity contribution in [1.29, 1.82) is 5.26 Å². The topological polar surface area (TPSA) is 105 Å². The van der Waals surface area contributed by atoms with Crippen molar-refractivity contribution in [2.75, 3.05) is 33.2 Å². The molecule has 1 aromatic carbocycles. The quantitative estimate of drug-likeness (QED) is 0.692. The molecule has 0 bridgehead atoms. The van der Waals surface area contributed by atoms with Crippen LogP contribution in [-0.4, -0.2) is 77.0 Å². The maximum absolute atomic E-state index is 13.3. The first-order valence-corrected chi connectivity index (χ1v) is 11.8. The van der Waals surface area contributed by atoms with E-state index in [0.717, 1.165) is 5.56 Å². The number of rotatable bonds is 4. The Labute approximate surface area is 202 Å². The number of piperidine rings is 1. The van der Waals surface area contributed by atoms with Crippen molar-refractivity contribution in [3.8, 4) is 6.07 Å². The van der Waals surface area contributed by atoms with Crippen LogP contribution in [-0.2, 0) is 9.59 Å². The van der Waals surface area contributed by atoms with Crippen molar-refractivity contribution in [2.45, 2.75) is 37.6 Å². The largest absolute Gasteiger partial charge is 0.465 e. The molecular formula is C23H26Cl2N4O4. The average molecular weight is 493 g/mol. The Balaban J connectivity index is 1.44. The Morgan fingerprint density at radius 3 is 2.33 bits per heavy atom. The molecule has 1 saturated carbocycles. The molecule has 3 amide bonds. The van der Waals surface area contributed by atoms with Gasteiger partial charge in [0, 0.05) is 45.1 Å². The first kappa shape index (κ1) is 23.7. The molecule has 4 rings (SSSR count). The van der Waals surface area contributed by atoms with E-state index < -0.39 is 17.6 Å². The normalized spacial score (nSPS) is 24.3. The Morgan fingerprint density at radius 2 is 1.79 bits per heavy atom. The highest BCUT2D eigenvalue weighted by Crippen LogP contribution is 2.47. The van der Waals surface area contributed by atoms with Gasteiger partial charge in [0.05, 0.1) is 22.2 Å². The number of halogens is 2. The van der Waals surface area contributed by atoms with Crippen molar-refractivity contribution in [1.82, 2.24) is 14.7 Å². The number of carbonyl (C=O) groups excluding carboxylic acids is 2. The SMILES string of the molecule is CN(C(=O)O)[C@@H]1CN(C(=O)C2CCN(C(=O)C3(C#N)CC3)CC2)C[C@H]1c1ccc(Cl)c(Cl)c1. The summed E-state index contributed by atoms with van der Waals surface area (Å²) in [5.74, 6) is -0.582. The summed E-state index contributed by atoms with van der Waals surface area (Å²) >= 11 is 12.2. The molecule has 1 aromatic rings. The van der Waals surface area contributed by atoms with Gasteiger partial charge in [0.15, 0.2) is 0 Å². The van der Waals surface area contributed by atoms with Gasteiger partial charge in [-0.25, -0.2) is 4.79 Å². The van der Waals surface area contributed by atoms with E-state index >= 15 is 0 Å². The number of hydrogen-bond donors (Lipinski definition) is 1. The molecule has 2 heterocycles. The summed E-state index contributed by atoms with van der Waals surface area (Å²) in [5, 5.41) is 19.7. The average Bonchev–Trinajstić information content (AvgIpc) is 3.50. The molecule has 1 aliphatic carbocycles. The summed E-state index contributed by atoms with van der Waals surface area (Å²) in [6, 6.07) is 6.98. The number of likely N-dealkylation sites (N-methyl/N-ethyl adjacent to an activating group) is 1. The van der Waals surface area contributed by atoms with Gasteiger partial charge in [-0.3, -0.25) is 9.59 Å². The standard InChI is InChI=1S/C23H26Cl2N4O4/c1-27(22(32)33)19-12-29(11-16(19)15-2-3-17(24)18(25)10-15)20(30)14-4-8-28(9-5-14)21(31)23(13-26)6-7-23/h2-3,10,14,16,19H,4-9,11-12H2,1H3,(H,32,33)/t16-,19+/m0/s1. The van der Waals surface area contributed by atoms with E-state index in [-0.39, 0.29) is 23.7 Å². The smallest absolute Gasteiger partial charge is 0.407 e. The van der Waals surface area contributed by atoms with E-state index in [0.29, 0.717) is 61.9 Å². The van der Waals surface area contributed by atoms with Crippen LogP contribution < -0.4 is 0 Å². The van der Waals surface area contributed by atoms with E-state index in [4.69, 9.17) is 23.2 Å². The molecule has 3 fully saturated rings. The summed E-state index contributed by atoms with van der Waals surface area (Å²) in [6.45, 7) is 1.60. The molecule has 2 aliphatic heterocycles. The third-order valence-corrected chi connectivity index (χ3v) is 8.02. The van der Waals surface area contributed by atoms with Gasteiger partial charge in [-0.1, -0.05) is 29.3 Å². The molecule has 8 nitrogen and oxygen atoms in total. The molecule has 0 radical (unpaired) electrons. The lowest BCUT2D eigenvalue weighted by Crippen LogP contribution is -2.46. The molecule has 0 aromatic heterocycles. The molecule has 2 atom stereocenters. The number of carbonyl (C=O) groups is 3. The van der Waals surface area contributed by atoms with Crippen LogP contribution in [0.1, 0.15) is 37.2 Å². The van der Waals surface area contributed by atoms with Gasteiger partial charge < -0.3 is 19.8 Å². The summed E-state index contributed by atoms with van der Waals surface area (Å²) in [7, 11) is 1.51. The molecule has 0 spiro atoms. The number of likely N-dealkylation sites (tertiary alicyclic amines) is 2. The predicted molar refractivity (Wildman–Crippen MR) is 122 cm³/mol.